The van der Waals surface area contributed by atoms with Crippen LogP contribution in [0.3, 0.4) is 0 Å². The summed E-state index contributed by atoms with van der Waals surface area (Å²) in [6.07, 6.45) is -4.41. The molecule has 0 aliphatic heterocycles. The monoisotopic (exact) mass is 396 g/mol. The van der Waals surface area contributed by atoms with Crippen molar-refractivity contribution in [2.75, 3.05) is 0 Å². The molecule has 4 rings (SSSR count). The first-order valence-corrected chi connectivity index (χ1v) is 8.53. The van der Waals surface area contributed by atoms with E-state index in [9.17, 15) is 17.6 Å². The van der Waals surface area contributed by atoms with Crippen molar-refractivity contribution >= 4 is 0 Å². The second-order valence-electron chi connectivity index (χ2n) is 6.15. The number of halogens is 4. The molecule has 0 atom stereocenters. The van der Waals surface area contributed by atoms with Gasteiger partial charge in [0.15, 0.2) is 0 Å². The van der Waals surface area contributed by atoms with Crippen molar-refractivity contribution in [2.45, 2.75) is 6.18 Å². The van der Waals surface area contributed by atoms with Gasteiger partial charge in [-0.3, -0.25) is 0 Å². The molecular weight excluding hydrogens is 384 g/mol. The van der Waals surface area contributed by atoms with Gasteiger partial charge in [-0.15, -0.1) is 20.4 Å². The van der Waals surface area contributed by atoms with Gasteiger partial charge in [0.05, 0.1) is 11.1 Å². The van der Waals surface area contributed by atoms with Gasteiger partial charge < -0.3 is 0 Å². The highest BCUT2D eigenvalue weighted by molar-refractivity contribution is 5.80. The molecule has 0 fully saturated rings. The van der Waals surface area contributed by atoms with E-state index >= 15 is 0 Å². The number of hydrogen-bond donors (Lipinski definition) is 0. The SMILES string of the molecule is Fc1ccccc1-c1nnc(-c2ccccc2-c2ccc(C(F)(F)F)cc2)nn1. The summed E-state index contributed by atoms with van der Waals surface area (Å²) in [6, 6.07) is 17.8. The van der Waals surface area contributed by atoms with Gasteiger partial charge in [-0.1, -0.05) is 48.5 Å². The molecule has 1 aromatic heterocycles. The van der Waals surface area contributed by atoms with Crippen LogP contribution < -0.4 is 0 Å². The molecule has 0 saturated carbocycles. The van der Waals surface area contributed by atoms with Crippen LogP contribution in [-0.4, -0.2) is 20.4 Å². The minimum Gasteiger partial charge on any atom is -0.206 e. The van der Waals surface area contributed by atoms with Gasteiger partial charge in [-0.05, 0) is 35.4 Å². The quantitative estimate of drug-likeness (QED) is 0.434. The standard InChI is InChI=1S/C21H12F4N4/c22-18-8-4-3-7-17(18)20-28-26-19(27-29-20)16-6-2-1-5-15(16)13-9-11-14(12-10-13)21(23,24)25/h1-12H. The lowest BCUT2D eigenvalue weighted by molar-refractivity contribution is -0.137. The Labute approximate surface area is 162 Å². The summed E-state index contributed by atoms with van der Waals surface area (Å²) >= 11 is 0. The number of benzene rings is 3. The fourth-order valence-corrected chi connectivity index (χ4v) is 2.86. The van der Waals surface area contributed by atoms with Crippen molar-refractivity contribution in [2.24, 2.45) is 0 Å². The number of nitrogens with zero attached hydrogens (tertiary/aromatic N) is 4. The topological polar surface area (TPSA) is 51.6 Å². The second-order valence-corrected chi connectivity index (χ2v) is 6.15. The molecular formula is C21H12F4N4. The maximum Gasteiger partial charge on any atom is 0.416 e. The Balaban J connectivity index is 1.71. The predicted octanol–water partition coefficient (Wildman–Crippen LogP) is 5.43. The first-order chi connectivity index (χ1) is 13.9. The van der Waals surface area contributed by atoms with Gasteiger partial charge in [0.1, 0.15) is 5.82 Å². The van der Waals surface area contributed by atoms with E-state index in [1.807, 2.05) is 0 Å². The van der Waals surface area contributed by atoms with Gasteiger partial charge in [-0.2, -0.15) is 13.2 Å². The summed E-state index contributed by atoms with van der Waals surface area (Å²) in [5.41, 5.74) is 1.19. The zero-order valence-electron chi connectivity index (χ0n) is 14.7. The maximum atomic E-state index is 13.9. The van der Waals surface area contributed by atoms with E-state index in [4.69, 9.17) is 0 Å². The van der Waals surface area contributed by atoms with E-state index in [0.29, 0.717) is 16.7 Å². The molecule has 0 N–H and O–H groups in total. The Morgan fingerprint density at radius 2 is 1.03 bits per heavy atom. The molecule has 0 radical (unpaired) electrons. The van der Waals surface area contributed by atoms with Crippen LogP contribution in [-0.2, 0) is 6.18 Å². The lowest BCUT2D eigenvalue weighted by Crippen LogP contribution is -2.04. The van der Waals surface area contributed by atoms with E-state index in [2.05, 4.69) is 20.4 Å². The molecule has 0 bridgehead atoms. The van der Waals surface area contributed by atoms with Crippen LogP contribution in [0.1, 0.15) is 5.56 Å². The van der Waals surface area contributed by atoms with E-state index < -0.39 is 17.6 Å². The molecule has 0 spiro atoms. The van der Waals surface area contributed by atoms with Gasteiger partial charge in [0.2, 0.25) is 11.6 Å². The molecule has 29 heavy (non-hydrogen) atoms. The van der Waals surface area contributed by atoms with Crippen LogP contribution in [0.5, 0.6) is 0 Å². The smallest absolute Gasteiger partial charge is 0.206 e. The molecule has 1 heterocycles. The molecule has 3 aromatic carbocycles. The van der Waals surface area contributed by atoms with Crippen LogP contribution >= 0.6 is 0 Å². The minimum atomic E-state index is -4.41. The highest BCUT2D eigenvalue weighted by Gasteiger charge is 2.30. The molecule has 0 amide bonds. The predicted molar refractivity (Wildman–Crippen MR) is 98.9 cm³/mol. The van der Waals surface area contributed by atoms with Crippen molar-refractivity contribution in [3.63, 3.8) is 0 Å². The fourth-order valence-electron chi connectivity index (χ4n) is 2.86. The molecule has 144 valence electrons. The average Bonchev–Trinajstić information content (AvgIpc) is 2.74. The summed E-state index contributed by atoms with van der Waals surface area (Å²) in [5.74, 6) is -0.270. The van der Waals surface area contributed by atoms with Crippen LogP contribution in [0, 0.1) is 5.82 Å². The van der Waals surface area contributed by atoms with Gasteiger partial charge in [-0.25, -0.2) is 4.39 Å². The van der Waals surface area contributed by atoms with Crippen LogP contribution in [0.15, 0.2) is 72.8 Å². The summed E-state index contributed by atoms with van der Waals surface area (Å²) in [6.45, 7) is 0. The molecule has 0 saturated heterocycles. The summed E-state index contributed by atoms with van der Waals surface area (Å²) in [7, 11) is 0. The Hall–Kier alpha value is -3.68. The van der Waals surface area contributed by atoms with Crippen molar-refractivity contribution in [1.82, 2.24) is 20.4 Å². The summed E-state index contributed by atoms with van der Waals surface area (Å²) in [4.78, 5) is 0. The Morgan fingerprint density at radius 3 is 1.59 bits per heavy atom. The van der Waals surface area contributed by atoms with E-state index in [1.54, 1.807) is 36.4 Å². The third-order valence-corrected chi connectivity index (χ3v) is 4.28. The third kappa shape index (κ3) is 3.82. The number of aromatic nitrogens is 4. The first kappa shape index (κ1) is 18.7. The van der Waals surface area contributed by atoms with E-state index in [0.717, 1.165) is 12.1 Å². The molecule has 4 aromatic rings. The van der Waals surface area contributed by atoms with Crippen molar-refractivity contribution < 1.29 is 17.6 Å². The maximum absolute atomic E-state index is 13.9. The first-order valence-electron chi connectivity index (χ1n) is 8.53. The van der Waals surface area contributed by atoms with Crippen molar-refractivity contribution in [1.29, 1.82) is 0 Å². The minimum absolute atomic E-state index is 0.0406. The van der Waals surface area contributed by atoms with Crippen LogP contribution in [0.25, 0.3) is 33.9 Å². The van der Waals surface area contributed by atoms with E-state index in [1.165, 1.54) is 24.3 Å². The normalized spacial score (nSPS) is 11.4. The molecule has 8 heteroatoms. The number of alkyl halides is 3. The van der Waals surface area contributed by atoms with E-state index in [-0.39, 0.29) is 17.2 Å². The second kappa shape index (κ2) is 7.38. The highest BCUT2D eigenvalue weighted by Crippen LogP contribution is 2.33. The largest absolute Gasteiger partial charge is 0.416 e. The summed E-state index contributed by atoms with van der Waals surface area (Å²) in [5, 5.41) is 16.0. The lowest BCUT2D eigenvalue weighted by atomic mass is 9.98. The zero-order valence-corrected chi connectivity index (χ0v) is 14.7. The number of hydrogen-bond acceptors (Lipinski definition) is 4. The molecule has 0 aliphatic carbocycles. The highest BCUT2D eigenvalue weighted by atomic mass is 19.4. The van der Waals surface area contributed by atoms with Crippen molar-refractivity contribution in [3.05, 3.63) is 84.2 Å². The Morgan fingerprint density at radius 1 is 0.552 bits per heavy atom. The van der Waals surface area contributed by atoms with Gasteiger partial charge in [0.25, 0.3) is 0 Å². The average molecular weight is 396 g/mol. The Bertz CT molecular complexity index is 1140. The van der Waals surface area contributed by atoms with Crippen LogP contribution in [0.4, 0.5) is 17.6 Å². The van der Waals surface area contributed by atoms with Gasteiger partial charge in [0, 0.05) is 5.56 Å². The fraction of sp³-hybridized carbons (Fsp3) is 0.0476. The molecule has 0 unspecified atom stereocenters. The Kier molecular flexibility index (Phi) is 4.75. The van der Waals surface area contributed by atoms with Gasteiger partial charge >= 0.3 is 6.18 Å². The van der Waals surface area contributed by atoms with Crippen molar-refractivity contribution in [3.8, 4) is 33.9 Å². The molecule has 4 nitrogen and oxygen atoms in total. The zero-order chi connectivity index (χ0) is 20.4. The third-order valence-electron chi connectivity index (χ3n) is 4.28. The number of rotatable bonds is 3. The lowest BCUT2D eigenvalue weighted by Gasteiger charge is -2.10. The summed E-state index contributed by atoms with van der Waals surface area (Å²) < 4.78 is 52.3. The molecule has 0 aliphatic rings. The van der Waals surface area contributed by atoms with Crippen LogP contribution in [0.2, 0.25) is 0 Å².